The third-order valence-electron chi connectivity index (χ3n) is 1.54. The molecule has 15 heavy (non-hydrogen) atoms. The van der Waals surface area contributed by atoms with Crippen LogP contribution in [0.1, 0.15) is 0 Å². The van der Waals surface area contributed by atoms with Gasteiger partial charge < -0.3 is 25.5 Å². The van der Waals surface area contributed by atoms with E-state index in [2.05, 4.69) is 4.29 Å². The Morgan fingerprint density at radius 1 is 1.20 bits per heavy atom. The molecule has 1 rings (SSSR count). The van der Waals surface area contributed by atoms with E-state index in [4.69, 9.17) is 16.2 Å². The summed E-state index contributed by atoms with van der Waals surface area (Å²) in [5, 5.41) is 0. The Balaban J connectivity index is 2.37. The largest absolute Gasteiger partial charge is 0.489 e. The van der Waals surface area contributed by atoms with Crippen LogP contribution in [0.4, 0.5) is 11.4 Å². The zero-order valence-electron chi connectivity index (χ0n) is 7.81. The van der Waals surface area contributed by atoms with E-state index in [1.54, 1.807) is 18.2 Å². The summed E-state index contributed by atoms with van der Waals surface area (Å²) in [4.78, 5) is 0. The summed E-state index contributed by atoms with van der Waals surface area (Å²) >= 11 is 0. The van der Waals surface area contributed by atoms with Gasteiger partial charge in [0.25, 0.3) is 10.8 Å². The summed E-state index contributed by atoms with van der Waals surface area (Å²) in [5.41, 5.74) is 12.0. The number of rotatable bonds is 5. The fraction of sp³-hybridized carbons (Fsp3) is 0.250. The Labute approximate surface area is 89.8 Å². The lowest BCUT2D eigenvalue weighted by molar-refractivity contribution is -1.63. The molecule has 0 aromatic heterocycles. The van der Waals surface area contributed by atoms with Crippen LogP contribution in [-0.2, 0) is 4.29 Å². The number of nitrogen functional groups attached to an aromatic ring is 2. The van der Waals surface area contributed by atoms with E-state index >= 15 is 0 Å². The van der Waals surface area contributed by atoms with Crippen molar-refractivity contribution >= 4 is 11.4 Å². The molecule has 0 aliphatic carbocycles. The van der Waals surface area contributed by atoms with Gasteiger partial charge >= 0.3 is 0 Å². The van der Waals surface area contributed by atoms with Gasteiger partial charge in [-0.05, 0) is 18.2 Å². The first-order valence-corrected chi connectivity index (χ1v) is 4.99. The second-order valence-corrected chi connectivity index (χ2v) is 3.24. The Morgan fingerprint density at radius 3 is 2.53 bits per heavy atom. The summed E-state index contributed by atoms with van der Waals surface area (Å²) in [6.07, 6.45) is 0. The van der Waals surface area contributed by atoms with Gasteiger partial charge in [0.1, 0.15) is 12.4 Å². The fourth-order valence-corrected chi connectivity index (χ4v) is 1.13. The van der Waals surface area contributed by atoms with Crippen molar-refractivity contribution in [2.75, 3.05) is 24.7 Å². The Hall–Kier alpha value is -1.21. The second-order valence-electron chi connectivity index (χ2n) is 2.65. The van der Waals surface area contributed by atoms with Crippen molar-refractivity contribution in [2.24, 2.45) is 0 Å². The molecule has 0 aliphatic rings. The molecule has 0 unspecified atom stereocenters. The highest BCUT2D eigenvalue weighted by Gasteiger charge is 2.07. The summed E-state index contributed by atoms with van der Waals surface area (Å²) in [6.45, 7) is 0.0180. The van der Waals surface area contributed by atoms with Crippen molar-refractivity contribution in [3.05, 3.63) is 18.2 Å². The molecule has 0 heterocycles. The van der Waals surface area contributed by atoms with Crippen molar-refractivity contribution in [1.82, 2.24) is 0 Å². The number of ether oxygens (including phenoxy) is 1. The van der Waals surface area contributed by atoms with Gasteiger partial charge in [-0.2, -0.15) is 0 Å². The standard InChI is InChI=1S/C8H11ClN2O4/c10-6-1-2-8(7(11)5-6)14-3-4-15-9(12)13/h1-2,5H,3-4,10-11H2. The molecule has 0 spiro atoms. The minimum atomic E-state index is -2.20. The molecule has 0 radical (unpaired) electrons. The lowest BCUT2D eigenvalue weighted by atomic mass is 10.2. The fourth-order valence-electron chi connectivity index (χ4n) is 0.944. The minimum Gasteiger partial charge on any atom is -0.489 e. The molecule has 4 N–H and O–H groups in total. The zero-order chi connectivity index (χ0) is 11.3. The third-order valence-corrected chi connectivity index (χ3v) is 1.87. The molecular formula is C8H11ClN2O4. The molecule has 7 heteroatoms. The number of hydrogen-bond acceptors (Lipinski definition) is 6. The van der Waals surface area contributed by atoms with Crippen LogP contribution in [0.15, 0.2) is 18.2 Å². The molecule has 0 amide bonds. The van der Waals surface area contributed by atoms with E-state index in [0.717, 1.165) is 0 Å². The van der Waals surface area contributed by atoms with Crippen molar-refractivity contribution in [3.63, 3.8) is 0 Å². The molecule has 0 aliphatic heterocycles. The van der Waals surface area contributed by atoms with Crippen molar-refractivity contribution in [1.29, 1.82) is 0 Å². The van der Waals surface area contributed by atoms with Gasteiger partial charge in [-0.15, -0.1) is 0 Å². The highest BCUT2D eigenvalue weighted by Crippen LogP contribution is 2.23. The minimum absolute atomic E-state index is 0.0721. The maximum Gasteiger partial charge on any atom is 0.285 e. The summed E-state index contributed by atoms with van der Waals surface area (Å²) in [7, 11) is -2.20. The number of benzene rings is 1. The van der Waals surface area contributed by atoms with Crippen molar-refractivity contribution in [3.8, 4) is 5.75 Å². The molecule has 0 saturated carbocycles. The van der Waals surface area contributed by atoms with E-state index in [1.165, 1.54) is 0 Å². The number of hydrogen-bond donors (Lipinski definition) is 2. The molecule has 84 valence electrons. The highest BCUT2D eigenvalue weighted by molar-refractivity contribution is 5.60. The van der Waals surface area contributed by atoms with Crippen LogP contribution in [-0.4, -0.2) is 13.2 Å². The topological polar surface area (TPSA) is 117 Å². The van der Waals surface area contributed by atoms with Crippen LogP contribution in [0.25, 0.3) is 0 Å². The molecule has 6 nitrogen and oxygen atoms in total. The molecule has 0 bridgehead atoms. The molecule has 0 saturated heterocycles. The van der Waals surface area contributed by atoms with Gasteiger partial charge in [0, 0.05) is 9.98 Å². The SMILES string of the molecule is Nc1ccc(OCCO[Cl+2]([O-])[O-])c(N)c1. The van der Waals surface area contributed by atoms with Gasteiger partial charge in [0.2, 0.25) is 0 Å². The monoisotopic (exact) mass is 234 g/mol. The summed E-state index contributed by atoms with van der Waals surface area (Å²) in [6, 6.07) is 4.80. The van der Waals surface area contributed by atoms with Crippen LogP contribution in [0, 0.1) is 10.8 Å². The third kappa shape index (κ3) is 4.22. The highest BCUT2D eigenvalue weighted by atomic mass is 35.6. The number of halogens is 1. The maximum absolute atomic E-state index is 9.97. The quantitative estimate of drug-likeness (QED) is 0.465. The normalized spacial score (nSPS) is 10.6. The van der Waals surface area contributed by atoms with Crippen LogP contribution in [0.5, 0.6) is 5.75 Å². The van der Waals surface area contributed by atoms with Crippen molar-refractivity contribution in [2.45, 2.75) is 0 Å². The van der Waals surface area contributed by atoms with E-state index in [0.29, 0.717) is 17.1 Å². The van der Waals surface area contributed by atoms with E-state index in [9.17, 15) is 9.32 Å². The lowest BCUT2D eigenvalue weighted by Gasteiger charge is -2.07. The summed E-state index contributed by atoms with van der Waals surface area (Å²) in [5.74, 6) is 0.444. The van der Waals surface area contributed by atoms with E-state index in [-0.39, 0.29) is 13.2 Å². The smallest absolute Gasteiger partial charge is 0.285 e. The van der Waals surface area contributed by atoms with Gasteiger partial charge in [-0.1, -0.05) is 0 Å². The Bertz CT molecular complexity index is 322. The summed E-state index contributed by atoms with van der Waals surface area (Å²) < 4.78 is 29.3. The average molecular weight is 235 g/mol. The number of nitrogens with two attached hydrogens (primary N) is 2. The van der Waals surface area contributed by atoms with E-state index < -0.39 is 10.8 Å². The Kier molecular flexibility index (Phi) is 4.44. The lowest BCUT2D eigenvalue weighted by Crippen LogP contribution is -2.35. The maximum atomic E-state index is 9.97. The number of anilines is 2. The van der Waals surface area contributed by atoms with E-state index in [1.807, 2.05) is 0 Å². The first-order valence-electron chi connectivity index (χ1n) is 4.06. The molecule has 1 aromatic rings. The zero-order valence-corrected chi connectivity index (χ0v) is 8.57. The van der Waals surface area contributed by atoms with Crippen LogP contribution in [0.2, 0.25) is 0 Å². The van der Waals surface area contributed by atoms with Gasteiger partial charge in [-0.3, -0.25) is 0 Å². The van der Waals surface area contributed by atoms with Crippen molar-refractivity contribution < 1.29 is 29.1 Å². The predicted octanol–water partition coefficient (Wildman–Crippen LogP) is -1.67. The molecule has 1 aromatic carbocycles. The van der Waals surface area contributed by atoms with Gasteiger partial charge in [0.05, 0.1) is 5.69 Å². The van der Waals surface area contributed by atoms with Crippen LogP contribution in [0.3, 0.4) is 0 Å². The first-order chi connectivity index (χ1) is 7.09. The molecule has 0 atom stereocenters. The van der Waals surface area contributed by atoms with Gasteiger partial charge in [-0.25, -0.2) is 0 Å². The van der Waals surface area contributed by atoms with Crippen LogP contribution >= 0.6 is 0 Å². The first kappa shape index (κ1) is 11.9. The average Bonchev–Trinajstić information content (AvgIpc) is 2.14. The molecular weight excluding hydrogens is 224 g/mol. The molecule has 0 fully saturated rings. The van der Waals surface area contributed by atoms with Gasteiger partial charge in [0.15, 0.2) is 6.61 Å². The predicted molar refractivity (Wildman–Crippen MR) is 46.7 cm³/mol. The second kappa shape index (κ2) is 5.62. The Morgan fingerprint density at radius 2 is 1.93 bits per heavy atom. The van der Waals surface area contributed by atoms with Crippen LogP contribution < -0.4 is 25.5 Å².